The lowest BCUT2D eigenvalue weighted by molar-refractivity contribution is -0.118. The van der Waals surface area contributed by atoms with Crippen molar-refractivity contribution < 1.29 is 27.1 Å². The molecule has 0 radical (unpaired) electrons. The number of hydrogen-bond acceptors (Lipinski definition) is 5. The quantitative estimate of drug-likeness (QED) is 0.560. The molecule has 10 heteroatoms. The molecule has 0 unspecified atom stereocenters. The lowest BCUT2D eigenvalue weighted by atomic mass is 10.3. The summed E-state index contributed by atoms with van der Waals surface area (Å²) >= 11 is 3.13. The number of halogens is 2. The molecule has 0 heterocycles. The molecule has 1 amide bonds. The normalized spacial score (nSPS) is 11.2. The molecule has 0 bridgehead atoms. The third-order valence-electron chi connectivity index (χ3n) is 3.31. The fourth-order valence-electron chi connectivity index (χ4n) is 2.00. The Labute approximate surface area is 165 Å². The maximum Gasteiger partial charge on any atom is 0.262 e. The molecule has 7 nitrogen and oxygen atoms in total. The van der Waals surface area contributed by atoms with Crippen molar-refractivity contribution in [3.8, 4) is 5.75 Å². The van der Waals surface area contributed by atoms with Crippen molar-refractivity contribution >= 4 is 37.5 Å². The van der Waals surface area contributed by atoms with Crippen molar-refractivity contribution in [1.82, 2.24) is 4.72 Å². The molecular formula is C17H18BrFN2O5S. The maximum absolute atomic E-state index is 13.7. The van der Waals surface area contributed by atoms with E-state index in [1.54, 1.807) is 6.07 Å². The molecule has 0 aliphatic rings. The van der Waals surface area contributed by atoms with Crippen LogP contribution in [-0.4, -0.2) is 41.2 Å². The molecule has 0 atom stereocenters. The number of carbonyl (C=O) groups is 1. The third kappa shape index (κ3) is 6.58. The summed E-state index contributed by atoms with van der Waals surface area (Å²) in [5.74, 6) is -0.820. The maximum atomic E-state index is 13.7. The Kier molecular flexibility index (Phi) is 7.72. The van der Waals surface area contributed by atoms with Crippen molar-refractivity contribution in [3.63, 3.8) is 0 Å². The van der Waals surface area contributed by atoms with Crippen molar-refractivity contribution in [2.45, 2.75) is 4.90 Å². The molecular weight excluding hydrogens is 443 g/mol. The first kappa shape index (κ1) is 21.3. The lowest BCUT2D eigenvalue weighted by Gasteiger charge is -2.10. The minimum absolute atomic E-state index is 0.0374. The van der Waals surface area contributed by atoms with E-state index in [4.69, 9.17) is 9.47 Å². The van der Waals surface area contributed by atoms with Crippen LogP contribution in [0.25, 0.3) is 0 Å². The molecule has 0 spiro atoms. The summed E-state index contributed by atoms with van der Waals surface area (Å²) in [4.78, 5) is 11.9. The van der Waals surface area contributed by atoms with Crippen molar-refractivity contribution in [3.05, 3.63) is 52.8 Å². The van der Waals surface area contributed by atoms with Crippen LogP contribution in [0.15, 0.2) is 51.8 Å². The minimum Gasteiger partial charge on any atom is -0.484 e. The van der Waals surface area contributed by atoms with Crippen molar-refractivity contribution in [2.24, 2.45) is 0 Å². The van der Waals surface area contributed by atoms with Crippen LogP contribution in [0.4, 0.5) is 10.1 Å². The summed E-state index contributed by atoms with van der Waals surface area (Å²) in [5, 5.41) is 2.39. The van der Waals surface area contributed by atoms with E-state index in [0.29, 0.717) is 10.2 Å². The molecule has 0 saturated heterocycles. The fraction of sp³-hybridized carbons (Fsp3) is 0.235. The van der Waals surface area contributed by atoms with Gasteiger partial charge in [-0.1, -0.05) is 15.9 Å². The topological polar surface area (TPSA) is 93.7 Å². The zero-order chi connectivity index (χ0) is 19.9. The monoisotopic (exact) mass is 460 g/mol. The number of carbonyl (C=O) groups excluding carboxylic acids is 1. The molecule has 2 aromatic rings. The summed E-state index contributed by atoms with van der Waals surface area (Å²) < 4.78 is 50.8. The van der Waals surface area contributed by atoms with Gasteiger partial charge in [-0.05, 0) is 42.5 Å². The summed E-state index contributed by atoms with van der Waals surface area (Å²) in [6.45, 7) is 0.0616. The number of ether oxygens (including phenoxy) is 2. The molecule has 2 rings (SSSR count). The van der Waals surface area contributed by atoms with Gasteiger partial charge in [0.15, 0.2) is 6.61 Å². The Bertz CT molecular complexity index is 891. The van der Waals surface area contributed by atoms with Crippen LogP contribution < -0.4 is 14.8 Å². The van der Waals surface area contributed by atoms with E-state index in [2.05, 4.69) is 26.0 Å². The zero-order valence-electron chi connectivity index (χ0n) is 14.4. The van der Waals surface area contributed by atoms with Crippen LogP contribution in [0.2, 0.25) is 0 Å². The van der Waals surface area contributed by atoms with E-state index in [0.717, 1.165) is 0 Å². The lowest BCUT2D eigenvalue weighted by Crippen LogP contribution is -2.27. The molecule has 0 aliphatic heterocycles. The average Bonchev–Trinajstić information content (AvgIpc) is 2.63. The Balaban J connectivity index is 1.90. The minimum atomic E-state index is -3.64. The van der Waals surface area contributed by atoms with E-state index < -0.39 is 21.7 Å². The van der Waals surface area contributed by atoms with E-state index in [9.17, 15) is 17.6 Å². The molecule has 2 aromatic carbocycles. The summed E-state index contributed by atoms with van der Waals surface area (Å²) in [6, 6.07) is 9.83. The van der Waals surface area contributed by atoms with Gasteiger partial charge in [0.05, 0.1) is 17.2 Å². The predicted octanol–water partition coefficient (Wildman–Crippen LogP) is 2.53. The largest absolute Gasteiger partial charge is 0.484 e. The van der Waals surface area contributed by atoms with Gasteiger partial charge in [-0.25, -0.2) is 17.5 Å². The van der Waals surface area contributed by atoms with Crippen LogP contribution in [0.5, 0.6) is 5.75 Å². The van der Waals surface area contributed by atoms with Gasteiger partial charge in [-0.3, -0.25) is 4.79 Å². The highest BCUT2D eigenvalue weighted by Gasteiger charge is 2.13. The van der Waals surface area contributed by atoms with Gasteiger partial charge in [0.1, 0.15) is 11.6 Å². The number of hydrogen-bond donors (Lipinski definition) is 2. The number of rotatable bonds is 9. The Morgan fingerprint density at radius 2 is 1.89 bits per heavy atom. The van der Waals surface area contributed by atoms with E-state index in [1.165, 1.54) is 43.5 Å². The number of amides is 1. The van der Waals surface area contributed by atoms with E-state index in [-0.39, 0.29) is 30.3 Å². The molecule has 146 valence electrons. The van der Waals surface area contributed by atoms with Gasteiger partial charge in [0.25, 0.3) is 5.91 Å². The van der Waals surface area contributed by atoms with Crippen molar-refractivity contribution in [1.29, 1.82) is 0 Å². The highest BCUT2D eigenvalue weighted by Crippen LogP contribution is 2.19. The number of nitrogens with one attached hydrogen (secondary N) is 2. The Hall–Kier alpha value is -2.01. The third-order valence-corrected chi connectivity index (χ3v) is 5.28. The van der Waals surface area contributed by atoms with Gasteiger partial charge in [-0.2, -0.15) is 0 Å². The number of methoxy groups -OCH3 is 1. The number of benzene rings is 2. The summed E-state index contributed by atoms with van der Waals surface area (Å²) in [7, 11) is -2.17. The van der Waals surface area contributed by atoms with Crippen LogP contribution in [0.3, 0.4) is 0 Å². The summed E-state index contributed by atoms with van der Waals surface area (Å²) in [5.41, 5.74) is 0.0374. The second-order valence-corrected chi connectivity index (χ2v) is 8.01. The van der Waals surface area contributed by atoms with Gasteiger partial charge >= 0.3 is 0 Å². The second kappa shape index (κ2) is 9.79. The van der Waals surface area contributed by atoms with E-state index >= 15 is 0 Å². The van der Waals surface area contributed by atoms with E-state index in [1.807, 2.05) is 0 Å². The van der Waals surface area contributed by atoms with Gasteiger partial charge in [0.2, 0.25) is 10.0 Å². The number of sulfonamides is 1. The molecule has 0 fully saturated rings. The second-order valence-electron chi connectivity index (χ2n) is 5.32. The first-order valence-electron chi connectivity index (χ1n) is 7.78. The van der Waals surface area contributed by atoms with Crippen LogP contribution in [-0.2, 0) is 19.6 Å². The zero-order valence-corrected chi connectivity index (χ0v) is 16.8. The highest BCUT2D eigenvalue weighted by molar-refractivity contribution is 9.10. The Morgan fingerprint density at radius 1 is 1.19 bits per heavy atom. The molecule has 0 saturated carbocycles. The first-order valence-corrected chi connectivity index (χ1v) is 10.1. The number of anilines is 1. The SMILES string of the molecule is COCCNS(=O)(=O)c1ccc(OCC(=O)Nc2ccc(Br)cc2F)cc1. The molecule has 0 aromatic heterocycles. The van der Waals surface area contributed by atoms with Gasteiger partial charge in [-0.15, -0.1) is 0 Å². The smallest absolute Gasteiger partial charge is 0.262 e. The highest BCUT2D eigenvalue weighted by atomic mass is 79.9. The van der Waals surface area contributed by atoms with Gasteiger partial charge < -0.3 is 14.8 Å². The van der Waals surface area contributed by atoms with Crippen molar-refractivity contribution in [2.75, 3.05) is 32.2 Å². The van der Waals surface area contributed by atoms with Crippen LogP contribution in [0.1, 0.15) is 0 Å². The predicted molar refractivity (Wildman–Crippen MR) is 102 cm³/mol. The molecule has 0 aliphatic carbocycles. The summed E-state index contributed by atoms with van der Waals surface area (Å²) in [6.07, 6.45) is 0. The van der Waals surface area contributed by atoms with Crippen LogP contribution in [0, 0.1) is 5.82 Å². The Morgan fingerprint density at radius 3 is 2.52 bits per heavy atom. The molecule has 27 heavy (non-hydrogen) atoms. The standard InChI is InChI=1S/C17H18BrFN2O5S/c1-25-9-8-20-27(23,24)14-5-3-13(4-6-14)26-11-17(22)21-16-7-2-12(18)10-15(16)19/h2-7,10,20H,8-9,11H2,1H3,(H,21,22). The van der Waals surface area contributed by atoms with Crippen LogP contribution >= 0.6 is 15.9 Å². The average molecular weight is 461 g/mol. The van der Waals surface area contributed by atoms with Gasteiger partial charge in [0, 0.05) is 18.1 Å². The first-order chi connectivity index (χ1) is 12.8. The fourth-order valence-corrected chi connectivity index (χ4v) is 3.35. The molecule has 2 N–H and O–H groups in total.